The van der Waals surface area contributed by atoms with Crippen molar-refractivity contribution in [3.05, 3.63) is 29.8 Å². The van der Waals surface area contributed by atoms with Crippen LogP contribution in [0.4, 0.5) is 0 Å². The van der Waals surface area contributed by atoms with E-state index >= 15 is 0 Å². The molecular formula is C14H22N2O4S. The number of aryl methyl sites for hydroxylation is 1. The van der Waals surface area contributed by atoms with Crippen LogP contribution in [-0.4, -0.2) is 63.9 Å². The van der Waals surface area contributed by atoms with Gasteiger partial charge in [-0.15, -0.1) is 0 Å². The molecule has 0 spiro atoms. The van der Waals surface area contributed by atoms with Crippen LogP contribution in [0.25, 0.3) is 0 Å². The molecule has 0 bridgehead atoms. The summed E-state index contributed by atoms with van der Waals surface area (Å²) in [4.78, 5) is 2.28. The highest BCUT2D eigenvalue weighted by Crippen LogP contribution is 2.09. The second-order valence-corrected chi connectivity index (χ2v) is 7.00. The molecule has 0 radical (unpaired) electrons. The topological polar surface area (TPSA) is 78.9 Å². The number of β-amino-alcohol motifs (C(OH)–C–C–N with tert-alkyl or cyclic N) is 1. The largest absolute Gasteiger partial charge is 0.390 e. The maximum absolute atomic E-state index is 12.1. The fraction of sp³-hybridized carbons (Fsp3) is 0.571. The van der Waals surface area contributed by atoms with Crippen LogP contribution in [0.15, 0.2) is 29.2 Å². The third kappa shape index (κ3) is 5.05. The number of hydrogen-bond donors (Lipinski definition) is 2. The number of benzene rings is 1. The lowest BCUT2D eigenvalue weighted by Crippen LogP contribution is -2.44. The molecule has 0 aromatic heterocycles. The lowest BCUT2D eigenvalue weighted by Gasteiger charge is -2.28. The summed E-state index contributed by atoms with van der Waals surface area (Å²) in [7, 11) is -3.57. The van der Waals surface area contributed by atoms with Gasteiger partial charge in [-0.1, -0.05) is 17.7 Å². The van der Waals surface area contributed by atoms with Gasteiger partial charge in [-0.2, -0.15) is 0 Å². The minimum atomic E-state index is -3.57. The molecule has 0 amide bonds. The number of nitrogens with zero attached hydrogens (tertiary/aromatic N) is 1. The average molecular weight is 314 g/mol. The van der Waals surface area contributed by atoms with Crippen LogP contribution in [0.5, 0.6) is 0 Å². The van der Waals surface area contributed by atoms with Gasteiger partial charge in [0.25, 0.3) is 0 Å². The van der Waals surface area contributed by atoms with Gasteiger partial charge in [0.1, 0.15) is 0 Å². The normalized spacial score (nSPS) is 18.6. The van der Waals surface area contributed by atoms with E-state index in [1.54, 1.807) is 24.3 Å². The Morgan fingerprint density at radius 3 is 2.52 bits per heavy atom. The average Bonchev–Trinajstić information content (AvgIpc) is 2.47. The van der Waals surface area contributed by atoms with Gasteiger partial charge in [-0.05, 0) is 19.1 Å². The molecular weight excluding hydrogens is 292 g/mol. The second kappa shape index (κ2) is 7.33. The summed E-state index contributed by atoms with van der Waals surface area (Å²) in [6.07, 6.45) is -0.733. The Morgan fingerprint density at radius 2 is 1.90 bits per heavy atom. The van der Waals surface area contributed by atoms with E-state index < -0.39 is 16.1 Å². The SMILES string of the molecule is Cc1ccc(S(=O)(=O)NCC(O)CN2CCOCC2)cc1. The molecule has 7 heteroatoms. The number of ether oxygens (including phenoxy) is 1. The first-order valence-corrected chi connectivity index (χ1v) is 8.50. The van der Waals surface area contributed by atoms with Gasteiger partial charge < -0.3 is 9.84 Å². The maximum Gasteiger partial charge on any atom is 0.240 e. The first kappa shape index (κ1) is 16.4. The fourth-order valence-corrected chi connectivity index (χ4v) is 3.23. The molecule has 1 heterocycles. The van der Waals surface area contributed by atoms with Crippen molar-refractivity contribution in [2.75, 3.05) is 39.4 Å². The summed E-state index contributed by atoms with van der Waals surface area (Å²) in [6.45, 7) is 5.19. The van der Waals surface area contributed by atoms with Crippen LogP contribution in [0, 0.1) is 6.92 Å². The monoisotopic (exact) mass is 314 g/mol. The third-order valence-corrected chi connectivity index (χ3v) is 4.85. The van der Waals surface area contributed by atoms with Gasteiger partial charge in [0, 0.05) is 26.2 Å². The highest BCUT2D eigenvalue weighted by Gasteiger charge is 2.18. The molecule has 1 aromatic carbocycles. The number of rotatable bonds is 6. The molecule has 2 N–H and O–H groups in total. The summed E-state index contributed by atoms with van der Waals surface area (Å²) in [6, 6.07) is 6.62. The summed E-state index contributed by atoms with van der Waals surface area (Å²) >= 11 is 0. The molecule has 6 nitrogen and oxygen atoms in total. The molecule has 1 aromatic rings. The van der Waals surface area contributed by atoms with E-state index in [4.69, 9.17) is 4.74 Å². The van der Waals surface area contributed by atoms with Crippen LogP contribution in [0.3, 0.4) is 0 Å². The van der Waals surface area contributed by atoms with E-state index in [1.807, 2.05) is 6.92 Å². The summed E-state index contributed by atoms with van der Waals surface area (Å²) in [5, 5.41) is 9.95. The number of sulfonamides is 1. The summed E-state index contributed by atoms with van der Waals surface area (Å²) in [5.41, 5.74) is 1.00. The zero-order chi connectivity index (χ0) is 15.3. The van der Waals surface area contributed by atoms with Crippen molar-refractivity contribution in [1.29, 1.82) is 0 Å². The predicted molar refractivity (Wildman–Crippen MR) is 79.6 cm³/mol. The highest BCUT2D eigenvalue weighted by molar-refractivity contribution is 7.89. The Hall–Kier alpha value is -0.990. The fourth-order valence-electron chi connectivity index (χ4n) is 2.15. The molecule has 1 aliphatic rings. The third-order valence-electron chi connectivity index (χ3n) is 3.41. The van der Waals surface area contributed by atoms with Gasteiger partial charge in [-0.3, -0.25) is 4.90 Å². The quantitative estimate of drug-likeness (QED) is 0.771. The van der Waals surface area contributed by atoms with Gasteiger partial charge in [0.15, 0.2) is 0 Å². The predicted octanol–water partition coefficient (Wildman–Crippen LogP) is -0.0336. The molecule has 1 unspecified atom stereocenters. The van der Waals surface area contributed by atoms with E-state index in [9.17, 15) is 13.5 Å². The molecule has 118 valence electrons. The van der Waals surface area contributed by atoms with Crippen molar-refractivity contribution < 1.29 is 18.3 Å². The van der Waals surface area contributed by atoms with Gasteiger partial charge in [-0.25, -0.2) is 13.1 Å². The summed E-state index contributed by atoms with van der Waals surface area (Å²) in [5.74, 6) is 0. The zero-order valence-corrected chi connectivity index (χ0v) is 13.0. The zero-order valence-electron chi connectivity index (χ0n) is 12.2. The van der Waals surface area contributed by atoms with E-state index in [2.05, 4.69) is 9.62 Å². The van der Waals surface area contributed by atoms with Gasteiger partial charge in [0.2, 0.25) is 10.0 Å². The van der Waals surface area contributed by atoms with Crippen LogP contribution >= 0.6 is 0 Å². The number of nitrogens with one attached hydrogen (secondary N) is 1. The molecule has 1 saturated heterocycles. The summed E-state index contributed by atoms with van der Waals surface area (Å²) < 4.78 is 31.8. The first-order valence-electron chi connectivity index (χ1n) is 7.02. The van der Waals surface area contributed by atoms with Crippen molar-refractivity contribution >= 4 is 10.0 Å². The standard InChI is InChI=1S/C14H22N2O4S/c1-12-2-4-14(5-3-12)21(18,19)15-10-13(17)11-16-6-8-20-9-7-16/h2-5,13,15,17H,6-11H2,1H3. The van der Waals surface area contributed by atoms with E-state index in [0.29, 0.717) is 19.8 Å². The Balaban J connectivity index is 1.84. The van der Waals surface area contributed by atoms with E-state index in [0.717, 1.165) is 18.7 Å². The Bertz CT molecular complexity index is 539. The molecule has 1 fully saturated rings. The maximum atomic E-state index is 12.1. The molecule has 1 aliphatic heterocycles. The van der Waals surface area contributed by atoms with Crippen molar-refractivity contribution in [3.63, 3.8) is 0 Å². The molecule has 2 rings (SSSR count). The minimum absolute atomic E-state index is 0.00751. The van der Waals surface area contributed by atoms with Gasteiger partial charge >= 0.3 is 0 Å². The Kier molecular flexibility index (Phi) is 5.72. The smallest absolute Gasteiger partial charge is 0.240 e. The highest BCUT2D eigenvalue weighted by atomic mass is 32.2. The Morgan fingerprint density at radius 1 is 1.29 bits per heavy atom. The van der Waals surface area contributed by atoms with E-state index in [-0.39, 0.29) is 11.4 Å². The van der Waals surface area contributed by atoms with E-state index in [1.165, 1.54) is 0 Å². The van der Waals surface area contributed by atoms with Crippen molar-refractivity contribution in [2.24, 2.45) is 0 Å². The van der Waals surface area contributed by atoms with Crippen LogP contribution < -0.4 is 4.72 Å². The minimum Gasteiger partial charge on any atom is -0.390 e. The number of aliphatic hydroxyl groups excluding tert-OH is 1. The lowest BCUT2D eigenvalue weighted by atomic mass is 10.2. The van der Waals surface area contributed by atoms with Gasteiger partial charge in [0.05, 0.1) is 24.2 Å². The number of hydrogen-bond acceptors (Lipinski definition) is 5. The molecule has 0 saturated carbocycles. The first-order chi connectivity index (χ1) is 9.97. The number of morpholine rings is 1. The van der Waals surface area contributed by atoms with Crippen LogP contribution in [0.2, 0.25) is 0 Å². The van der Waals surface area contributed by atoms with Crippen molar-refractivity contribution in [1.82, 2.24) is 9.62 Å². The van der Waals surface area contributed by atoms with Crippen molar-refractivity contribution in [2.45, 2.75) is 17.9 Å². The lowest BCUT2D eigenvalue weighted by molar-refractivity contribution is 0.0158. The molecule has 0 aliphatic carbocycles. The Labute approximate surface area is 125 Å². The second-order valence-electron chi connectivity index (χ2n) is 5.23. The van der Waals surface area contributed by atoms with Crippen molar-refractivity contribution in [3.8, 4) is 0 Å². The van der Waals surface area contributed by atoms with Crippen LogP contribution in [0.1, 0.15) is 5.56 Å². The molecule has 21 heavy (non-hydrogen) atoms. The van der Waals surface area contributed by atoms with Crippen LogP contribution in [-0.2, 0) is 14.8 Å². The molecule has 1 atom stereocenters. The number of aliphatic hydroxyl groups is 1.